The third-order valence-electron chi connectivity index (χ3n) is 4.74. The number of hydrogen-bond acceptors (Lipinski definition) is 7. The second-order valence-corrected chi connectivity index (χ2v) is 9.18. The molecule has 0 saturated carbocycles. The van der Waals surface area contributed by atoms with Gasteiger partial charge in [-0.1, -0.05) is 39.8 Å². The van der Waals surface area contributed by atoms with Crippen LogP contribution in [-0.4, -0.2) is 43.0 Å². The van der Waals surface area contributed by atoms with E-state index >= 15 is 0 Å². The lowest BCUT2D eigenvalue weighted by molar-refractivity contribution is -0.150. The van der Waals surface area contributed by atoms with Gasteiger partial charge >= 0.3 is 11.9 Å². The third-order valence-corrected chi connectivity index (χ3v) is 6.09. The van der Waals surface area contributed by atoms with Gasteiger partial charge in [-0.2, -0.15) is 0 Å². The summed E-state index contributed by atoms with van der Waals surface area (Å²) in [5.41, 5.74) is 0.0243. The molecule has 1 atom stereocenters. The van der Waals surface area contributed by atoms with Crippen molar-refractivity contribution in [2.45, 2.75) is 46.6 Å². The average Bonchev–Trinajstić information content (AvgIpc) is 3.20. The highest BCUT2D eigenvalue weighted by Crippen LogP contribution is 2.33. The van der Waals surface area contributed by atoms with Crippen LogP contribution in [0.3, 0.4) is 0 Å². The van der Waals surface area contributed by atoms with Gasteiger partial charge in [-0.15, -0.1) is 11.3 Å². The van der Waals surface area contributed by atoms with Crippen molar-refractivity contribution in [1.29, 1.82) is 0 Å². The molecule has 2 rings (SSSR count). The topological polar surface area (TPSA) is 111 Å². The van der Waals surface area contributed by atoms with Crippen molar-refractivity contribution in [1.82, 2.24) is 5.32 Å². The fraction of sp³-hybridized carbons (Fsp3) is 0.417. The predicted molar refractivity (Wildman–Crippen MR) is 126 cm³/mol. The minimum atomic E-state index is -1.09. The van der Waals surface area contributed by atoms with Gasteiger partial charge in [-0.05, 0) is 37.0 Å². The van der Waals surface area contributed by atoms with Crippen LogP contribution >= 0.6 is 11.3 Å². The molecule has 1 aromatic heterocycles. The van der Waals surface area contributed by atoms with Gasteiger partial charge in [0.1, 0.15) is 16.9 Å². The second kappa shape index (κ2) is 12.3. The molecule has 0 aliphatic carbocycles. The Morgan fingerprint density at radius 2 is 1.71 bits per heavy atom. The van der Waals surface area contributed by atoms with Crippen LogP contribution in [-0.2, 0) is 19.1 Å². The molecule has 2 amide bonds. The van der Waals surface area contributed by atoms with Crippen LogP contribution in [0.2, 0.25) is 0 Å². The Hall–Kier alpha value is -3.27. The van der Waals surface area contributed by atoms with Gasteiger partial charge < -0.3 is 20.1 Å². The van der Waals surface area contributed by atoms with Crippen molar-refractivity contribution in [3.05, 3.63) is 52.2 Å². The fourth-order valence-electron chi connectivity index (χ4n) is 2.90. The molecular weight excluding hydrogens is 463 g/mol. The van der Waals surface area contributed by atoms with E-state index in [1.165, 1.54) is 29.5 Å². The summed E-state index contributed by atoms with van der Waals surface area (Å²) >= 11 is 1.24. The first-order valence-corrected chi connectivity index (χ1v) is 11.7. The van der Waals surface area contributed by atoms with Crippen molar-refractivity contribution < 1.29 is 33.0 Å². The lowest BCUT2D eigenvalue weighted by Gasteiger charge is -2.21. The summed E-state index contributed by atoms with van der Waals surface area (Å²) < 4.78 is 24.0. The number of anilines is 1. The van der Waals surface area contributed by atoms with E-state index in [0.29, 0.717) is 5.00 Å². The SMILES string of the molecule is CCOC(=O)c1cc(C(C)C)sc1NC(=O)COC(=O)C(NC(=O)c1ccccc1F)C(C)C. The van der Waals surface area contributed by atoms with E-state index < -0.39 is 42.2 Å². The molecule has 0 spiro atoms. The summed E-state index contributed by atoms with van der Waals surface area (Å²) in [7, 11) is 0. The zero-order valence-corrected chi connectivity index (χ0v) is 20.6. The first-order chi connectivity index (χ1) is 16.0. The van der Waals surface area contributed by atoms with Gasteiger partial charge in [-0.3, -0.25) is 9.59 Å². The molecule has 0 aliphatic heterocycles. The summed E-state index contributed by atoms with van der Waals surface area (Å²) in [5, 5.41) is 5.35. The number of ether oxygens (including phenoxy) is 2. The third kappa shape index (κ3) is 7.11. The Balaban J connectivity index is 2.04. The maximum atomic E-state index is 13.9. The first-order valence-electron chi connectivity index (χ1n) is 10.9. The molecule has 2 aromatic rings. The van der Waals surface area contributed by atoms with Gasteiger partial charge in [0.2, 0.25) is 0 Å². The molecule has 0 fully saturated rings. The van der Waals surface area contributed by atoms with Gasteiger partial charge in [-0.25, -0.2) is 14.0 Å². The monoisotopic (exact) mass is 492 g/mol. The maximum Gasteiger partial charge on any atom is 0.341 e. The Morgan fingerprint density at radius 1 is 1.03 bits per heavy atom. The number of esters is 2. The molecule has 1 heterocycles. The minimum Gasteiger partial charge on any atom is -0.462 e. The number of rotatable bonds is 10. The van der Waals surface area contributed by atoms with Crippen molar-refractivity contribution >= 4 is 40.1 Å². The van der Waals surface area contributed by atoms with Crippen LogP contribution in [0.25, 0.3) is 0 Å². The summed E-state index contributed by atoms with van der Waals surface area (Å²) in [4.78, 5) is 50.5. The van der Waals surface area contributed by atoms with Gasteiger partial charge in [0.25, 0.3) is 11.8 Å². The van der Waals surface area contributed by atoms with Crippen LogP contribution in [0, 0.1) is 11.7 Å². The van der Waals surface area contributed by atoms with E-state index in [-0.39, 0.29) is 29.6 Å². The van der Waals surface area contributed by atoms with Crippen molar-refractivity contribution in [3.63, 3.8) is 0 Å². The van der Waals surface area contributed by atoms with Crippen molar-refractivity contribution in [3.8, 4) is 0 Å². The van der Waals surface area contributed by atoms with E-state index in [2.05, 4.69) is 10.6 Å². The van der Waals surface area contributed by atoms with E-state index in [9.17, 15) is 23.6 Å². The Bertz CT molecular complexity index is 1050. The van der Waals surface area contributed by atoms with Gasteiger partial charge in [0, 0.05) is 4.88 Å². The van der Waals surface area contributed by atoms with E-state index in [1.807, 2.05) is 13.8 Å². The summed E-state index contributed by atoms with van der Waals surface area (Å²) in [5.74, 6) is -3.79. The molecule has 10 heteroatoms. The predicted octanol–water partition coefficient (Wildman–Crippen LogP) is 4.12. The number of halogens is 1. The first kappa shape index (κ1) is 27.0. The number of benzene rings is 1. The molecule has 0 saturated heterocycles. The lowest BCUT2D eigenvalue weighted by atomic mass is 10.0. The van der Waals surface area contributed by atoms with E-state index in [4.69, 9.17) is 9.47 Å². The molecule has 0 aliphatic rings. The normalized spacial score (nSPS) is 11.8. The highest BCUT2D eigenvalue weighted by molar-refractivity contribution is 7.16. The molecule has 184 valence electrons. The molecule has 0 radical (unpaired) electrons. The number of thiophene rings is 1. The van der Waals surface area contributed by atoms with Gasteiger partial charge in [0.05, 0.1) is 17.7 Å². The number of amides is 2. The highest BCUT2D eigenvalue weighted by atomic mass is 32.1. The Morgan fingerprint density at radius 3 is 2.29 bits per heavy atom. The van der Waals surface area contributed by atoms with Crippen LogP contribution in [0.1, 0.15) is 66.1 Å². The van der Waals surface area contributed by atoms with Gasteiger partial charge in [0.15, 0.2) is 6.61 Å². The van der Waals surface area contributed by atoms with Crippen LogP contribution in [0.4, 0.5) is 9.39 Å². The van der Waals surface area contributed by atoms with Crippen LogP contribution in [0.5, 0.6) is 0 Å². The fourth-order valence-corrected chi connectivity index (χ4v) is 3.96. The largest absolute Gasteiger partial charge is 0.462 e. The maximum absolute atomic E-state index is 13.9. The quantitative estimate of drug-likeness (QED) is 0.483. The second-order valence-electron chi connectivity index (χ2n) is 8.10. The average molecular weight is 493 g/mol. The summed E-state index contributed by atoms with van der Waals surface area (Å²) in [6, 6.07) is 5.97. The summed E-state index contributed by atoms with van der Waals surface area (Å²) in [6.45, 7) is 8.50. The number of carbonyl (C=O) groups is 4. The summed E-state index contributed by atoms with van der Waals surface area (Å²) in [6.07, 6.45) is 0. The number of nitrogens with one attached hydrogen (secondary N) is 2. The number of carbonyl (C=O) groups excluding carboxylic acids is 4. The molecule has 2 N–H and O–H groups in total. The Kier molecular flexibility index (Phi) is 9.73. The zero-order valence-electron chi connectivity index (χ0n) is 19.8. The van der Waals surface area contributed by atoms with E-state index in [0.717, 1.165) is 10.9 Å². The molecule has 8 nitrogen and oxygen atoms in total. The molecule has 34 heavy (non-hydrogen) atoms. The molecular formula is C24H29FN2O6S. The molecule has 1 aromatic carbocycles. The van der Waals surface area contributed by atoms with E-state index in [1.54, 1.807) is 26.8 Å². The highest BCUT2D eigenvalue weighted by Gasteiger charge is 2.28. The molecule has 0 bridgehead atoms. The lowest BCUT2D eigenvalue weighted by Crippen LogP contribution is -2.46. The minimum absolute atomic E-state index is 0.131. The van der Waals surface area contributed by atoms with Crippen LogP contribution < -0.4 is 10.6 Å². The smallest absolute Gasteiger partial charge is 0.341 e. The van der Waals surface area contributed by atoms with Crippen LogP contribution in [0.15, 0.2) is 30.3 Å². The van der Waals surface area contributed by atoms with Crippen molar-refractivity contribution in [2.24, 2.45) is 5.92 Å². The molecule has 1 unspecified atom stereocenters. The van der Waals surface area contributed by atoms with Crippen molar-refractivity contribution in [2.75, 3.05) is 18.5 Å². The standard InChI is InChI=1S/C24H29FN2O6S/c1-6-32-23(30)16-11-18(13(2)3)34-22(16)26-19(28)12-33-24(31)20(14(4)5)27-21(29)15-9-7-8-10-17(15)25/h7-11,13-14,20H,6,12H2,1-5H3,(H,26,28)(H,27,29). The number of hydrogen-bond donors (Lipinski definition) is 2. The Labute approximate surface area is 201 Å². The zero-order chi connectivity index (χ0) is 25.4.